The van der Waals surface area contributed by atoms with E-state index in [9.17, 15) is 4.79 Å². The van der Waals surface area contributed by atoms with Gasteiger partial charge in [0.2, 0.25) is 0 Å². The molecule has 0 radical (unpaired) electrons. The molecule has 0 aliphatic carbocycles. The van der Waals surface area contributed by atoms with Gasteiger partial charge in [-0.15, -0.1) is 0 Å². The molecule has 108 valence electrons. The molecule has 0 aromatic heterocycles. The molecule has 0 aliphatic heterocycles. The minimum absolute atomic E-state index is 0.498. The van der Waals surface area contributed by atoms with Crippen LogP contribution in [-0.4, -0.2) is 31.8 Å². The van der Waals surface area contributed by atoms with Gasteiger partial charge >= 0.3 is 0 Å². The molecule has 0 aromatic rings. The Morgan fingerprint density at radius 3 is 2.21 bits per heavy atom. The fraction of sp³-hybridized carbons (Fsp3) is 0.471. The molecule has 0 N–H and O–H groups in total. The Balaban J connectivity index is 0. The zero-order valence-corrected chi connectivity index (χ0v) is 13.4. The predicted octanol–water partition coefficient (Wildman–Crippen LogP) is 4.17. The number of carbonyl (C=O) groups excluding carboxylic acids is 1. The normalized spacial score (nSPS) is 12.9. The van der Waals surface area contributed by atoms with E-state index in [1.807, 2.05) is 53.1 Å². The molecule has 0 bridgehead atoms. The van der Waals surface area contributed by atoms with E-state index in [2.05, 4.69) is 24.5 Å². The van der Waals surface area contributed by atoms with Crippen molar-refractivity contribution in [3.05, 3.63) is 47.6 Å². The van der Waals surface area contributed by atoms with Gasteiger partial charge in [-0.3, -0.25) is 0 Å². The van der Waals surface area contributed by atoms with Gasteiger partial charge in [0.25, 0.3) is 0 Å². The van der Waals surface area contributed by atoms with Gasteiger partial charge in [0.05, 0.1) is 0 Å². The Morgan fingerprint density at radius 2 is 1.79 bits per heavy atom. The second-order valence-electron chi connectivity index (χ2n) is 4.39. The van der Waals surface area contributed by atoms with Crippen LogP contribution in [-0.2, 0) is 4.79 Å². The van der Waals surface area contributed by atoms with Gasteiger partial charge in [-0.1, -0.05) is 50.3 Å². The van der Waals surface area contributed by atoms with Crippen LogP contribution in [0.4, 0.5) is 0 Å². The van der Waals surface area contributed by atoms with Gasteiger partial charge in [-0.2, -0.15) is 0 Å². The maximum absolute atomic E-state index is 10.3. The topological polar surface area (TPSA) is 20.3 Å². The first-order valence-electron chi connectivity index (χ1n) is 6.75. The van der Waals surface area contributed by atoms with E-state index in [4.69, 9.17) is 0 Å². The van der Waals surface area contributed by atoms with E-state index in [0.29, 0.717) is 6.42 Å². The van der Waals surface area contributed by atoms with E-state index >= 15 is 0 Å². The van der Waals surface area contributed by atoms with Crippen LogP contribution in [0, 0.1) is 0 Å². The first-order chi connectivity index (χ1) is 9.01. The molecular formula is C17H29NO. The van der Waals surface area contributed by atoms with E-state index in [0.717, 1.165) is 18.4 Å². The highest BCUT2D eigenvalue weighted by Gasteiger charge is 1.98. The molecule has 0 aromatic carbocycles. The third-order valence-corrected chi connectivity index (χ3v) is 2.38. The van der Waals surface area contributed by atoms with Crippen molar-refractivity contribution >= 4 is 6.29 Å². The quantitative estimate of drug-likeness (QED) is 0.507. The Hall–Kier alpha value is -1.41. The second kappa shape index (κ2) is 13.0. The van der Waals surface area contributed by atoms with E-state index in [1.165, 1.54) is 11.1 Å². The molecule has 0 saturated heterocycles. The number of aldehydes is 1. The van der Waals surface area contributed by atoms with Crippen molar-refractivity contribution in [2.75, 3.05) is 20.6 Å². The molecule has 0 atom stereocenters. The molecule has 19 heavy (non-hydrogen) atoms. The lowest BCUT2D eigenvalue weighted by molar-refractivity contribution is -0.107. The molecule has 0 spiro atoms. The summed E-state index contributed by atoms with van der Waals surface area (Å²) in [5.74, 6) is 0. The Bertz CT molecular complexity index is 346. The van der Waals surface area contributed by atoms with Crippen molar-refractivity contribution in [2.24, 2.45) is 0 Å². The zero-order chi connectivity index (χ0) is 15.3. The highest BCUT2D eigenvalue weighted by Crippen LogP contribution is 2.09. The number of likely N-dealkylation sites (N-methyl/N-ethyl adjacent to an activating group) is 1. The van der Waals surface area contributed by atoms with Gasteiger partial charge in [-0.25, -0.2) is 0 Å². The fourth-order valence-electron chi connectivity index (χ4n) is 1.31. The number of hydrogen-bond acceptors (Lipinski definition) is 2. The summed E-state index contributed by atoms with van der Waals surface area (Å²) in [5.41, 5.74) is 3.48. The minimum Gasteiger partial charge on any atom is -0.305 e. The number of nitrogens with zero attached hydrogens (tertiary/aromatic N) is 1. The van der Waals surface area contributed by atoms with Crippen molar-refractivity contribution < 1.29 is 4.79 Å². The first-order valence-corrected chi connectivity index (χ1v) is 6.75. The van der Waals surface area contributed by atoms with Gasteiger partial charge in [0.15, 0.2) is 0 Å². The monoisotopic (exact) mass is 263 g/mol. The van der Waals surface area contributed by atoms with Gasteiger partial charge < -0.3 is 9.69 Å². The fourth-order valence-corrected chi connectivity index (χ4v) is 1.31. The molecule has 0 fully saturated rings. The molecule has 2 nitrogen and oxygen atoms in total. The average molecular weight is 263 g/mol. The minimum atomic E-state index is 0.498. The lowest BCUT2D eigenvalue weighted by atomic mass is 10.1. The van der Waals surface area contributed by atoms with Crippen LogP contribution in [0.5, 0.6) is 0 Å². The van der Waals surface area contributed by atoms with E-state index in [-0.39, 0.29) is 0 Å². The number of rotatable bonds is 7. The molecule has 0 rings (SSSR count). The van der Waals surface area contributed by atoms with Crippen molar-refractivity contribution in [1.82, 2.24) is 4.90 Å². The van der Waals surface area contributed by atoms with Crippen LogP contribution < -0.4 is 0 Å². The van der Waals surface area contributed by atoms with Crippen molar-refractivity contribution in [2.45, 2.75) is 34.1 Å². The Kier molecular flexibility index (Phi) is 13.7. The second-order valence-corrected chi connectivity index (χ2v) is 4.39. The maximum Gasteiger partial charge on any atom is 0.124 e. The van der Waals surface area contributed by atoms with E-state index in [1.54, 1.807) is 0 Å². The summed E-state index contributed by atoms with van der Waals surface area (Å²) in [5, 5.41) is 0. The lowest BCUT2D eigenvalue weighted by Gasteiger charge is -2.12. The third-order valence-electron chi connectivity index (χ3n) is 2.38. The van der Waals surface area contributed by atoms with Crippen LogP contribution in [0.25, 0.3) is 0 Å². The third kappa shape index (κ3) is 11.4. The van der Waals surface area contributed by atoms with Gasteiger partial charge in [-0.05, 0) is 39.1 Å². The van der Waals surface area contributed by atoms with Crippen molar-refractivity contribution in [1.29, 1.82) is 0 Å². The summed E-state index contributed by atoms with van der Waals surface area (Å²) in [7, 11) is 4.08. The summed E-state index contributed by atoms with van der Waals surface area (Å²) in [4.78, 5) is 12.4. The summed E-state index contributed by atoms with van der Waals surface area (Å²) >= 11 is 0. The largest absolute Gasteiger partial charge is 0.305 e. The zero-order valence-electron chi connectivity index (χ0n) is 13.4. The van der Waals surface area contributed by atoms with Gasteiger partial charge in [0.1, 0.15) is 6.29 Å². The molecule has 2 heteroatoms. The van der Waals surface area contributed by atoms with Crippen molar-refractivity contribution in [3.8, 4) is 0 Å². The molecule has 0 saturated carbocycles. The Labute approximate surface area is 119 Å². The van der Waals surface area contributed by atoms with Crippen LogP contribution in [0.15, 0.2) is 47.6 Å². The molecule has 0 heterocycles. The predicted molar refractivity (Wildman–Crippen MR) is 86.4 cm³/mol. The highest BCUT2D eigenvalue weighted by molar-refractivity contribution is 5.54. The maximum atomic E-state index is 10.3. The van der Waals surface area contributed by atoms with Crippen LogP contribution in [0.3, 0.4) is 0 Å². The average Bonchev–Trinajstić information content (AvgIpc) is 2.39. The summed E-state index contributed by atoms with van der Waals surface area (Å²) < 4.78 is 0. The lowest BCUT2D eigenvalue weighted by Crippen LogP contribution is -2.15. The molecule has 0 aliphatic rings. The number of carbonyl (C=O) groups is 1. The molecule has 0 unspecified atom stereocenters. The molecule has 0 amide bonds. The Morgan fingerprint density at radius 1 is 1.21 bits per heavy atom. The standard InChI is InChI=1S/C15H23NO.C2H6/c1-6-14(3)15(12-16(4)5)9-7-8-13(2)10-11-17;1-2/h6-9,11H,1,10,12H2,2-5H3;1-2H3/b9-7-,13-8+,15-14-;. The highest BCUT2D eigenvalue weighted by atomic mass is 16.1. The number of allylic oxidation sites excluding steroid dienone is 5. The van der Waals surface area contributed by atoms with Crippen LogP contribution >= 0.6 is 0 Å². The number of hydrogen-bond donors (Lipinski definition) is 0. The van der Waals surface area contributed by atoms with Crippen molar-refractivity contribution in [3.63, 3.8) is 0 Å². The molecular weight excluding hydrogens is 234 g/mol. The SMILES string of the molecule is C=C/C(C)=C(/C=C\C=C(/C)CC=O)CN(C)C.CC. The van der Waals surface area contributed by atoms with E-state index < -0.39 is 0 Å². The van der Waals surface area contributed by atoms with Crippen LogP contribution in [0.1, 0.15) is 34.1 Å². The van der Waals surface area contributed by atoms with Gasteiger partial charge in [0, 0.05) is 13.0 Å². The first kappa shape index (κ1) is 19.9. The summed E-state index contributed by atoms with van der Waals surface area (Å²) in [6.07, 6.45) is 9.32. The smallest absolute Gasteiger partial charge is 0.124 e. The van der Waals surface area contributed by atoms with Crippen LogP contribution in [0.2, 0.25) is 0 Å². The summed E-state index contributed by atoms with van der Waals surface area (Å²) in [6, 6.07) is 0. The summed E-state index contributed by atoms with van der Waals surface area (Å²) in [6.45, 7) is 12.7.